The molecule has 1 N–H and O–H groups in total. The van der Waals surface area contributed by atoms with Crippen LogP contribution in [0.2, 0.25) is 5.02 Å². The normalized spacial score (nSPS) is 13.4. The Morgan fingerprint density at radius 2 is 1.89 bits per heavy atom. The molecular weight excluding hydrogens is 261 g/mol. The van der Waals surface area contributed by atoms with Gasteiger partial charge in [0.15, 0.2) is 0 Å². The third kappa shape index (κ3) is 2.74. The van der Waals surface area contributed by atoms with Crippen LogP contribution in [0.5, 0.6) is 0 Å². The first-order chi connectivity index (χ1) is 9.22. The molecule has 0 fully saturated rings. The fourth-order valence-corrected chi connectivity index (χ4v) is 2.72. The third-order valence-corrected chi connectivity index (χ3v) is 3.81. The lowest BCUT2D eigenvalue weighted by Crippen LogP contribution is -2.02. The molecule has 0 spiro atoms. The lowest BCUT2D eigenvalue weighted by molar-refractivity contribution is 0.630. The quantitative estimate of drug-likeness (QED) is 0.864. The van der Waals surface area contributed by atoms with Gasteiger partial charge in [-0.05, 0) is 54.2 Å². The minimum atomic E-state index is -0.311. The van der Waals surface area contributed by atoms with E-state index in [1.807, 2.05) is 0 Å². The minimum absolute atomic E-state index is 0.311. The molecule has 2 aromatic rings. The monoisotopic (exact) mass is 275 g/mol. The molecule has 1 nitrogen and oxygen atoms in total. The molecule has 1 aliphatic carbocycles. The van der Waals surface area contributed by atoms with Crippen molar-refractivity contribution in [1.82, 2.24) is 0 Å². The maximum Gasteiger partial charge on any atom is 0.147 e. The molecule has 0 radical (unpaired) electrons. The standard InChI is InChI=1S/C16H15ClFN/c17-14-6-7-16(15(18)9-14)19-10-11-4-5-12-2-1-3-13(12)8-11/h4-9,19H,1-3,10H2. The molecule has 3 heteroatoms. The summed E-state index contributed by atoms with van der Waals surface area (Å²) in [4.78, 5) is 0. The van der Waals surface area contributed by atoms with Crippen molar-refractivity contribution in [3.05, 3.63) is 63.9 Å². The van der Waals surface area contributed by atoms with Gasteiger partial charge in [0.1, 0.15) is 5.82 Å². The van der Waals surface area contributed by atoms with E-state index in [2.05, 4.69) is 23.5 Å². The van der Waals surface area contributed by atoms with E-state index >= 15 is 0 Å². The third-order valence-electron chi connectivity index (χ3n) is 3.58. The summed E-state index contributed by atoms with van der Waals surface area (Å²) >= 11 is 5.73. The highest BCUT2D eigenvalue weighted by Crippen LogP contribution is 2.24. The molecule has 0 aliphatic heterocycles. The summed E-state index contributed by atoms with van der Waals surface area (Å²) in [6.07, 6.45) is 3.60. The van der Waals surface area contributed by atoms with Crippen LogP contribution in [-0.4, -0.2) is 0 Å². The van der Waals surface area contributed by atoms with Crippen LogP contribution in [0.1, 0.15) is 23.1 Å². The van der Waals surface area contributed by atoms with E-state index in [-0.39, 0.29) is 5.82 Å². The molecule has 0 atom stereocenters. The Kier molecular flexibility index (Phi) is 3.43. The second kappa shape index (κ2) is 5.22. The van der Waals surface area contributed by atoms with Gasteiger partial charge >= 0.3 is 0 Å². The second-order valence-electron chi connectivity index (χ2n) is 4.93. The number of halogens is 2. The summed E-state index contributed by atoms with van der Waals surface area (Å²) in [6, 6.07) is 11.2. The van der Waals surface area contributed by atoms with Crippen LogP contribution in [-0.2, 0) is 19.4 Å². The zero-order valence-corrected chi connectivity index (χ0v) is 11.3. The molecule has 0 heterocycles. The van der Waals surface area contributed by atoms with Crippen molar-refractivity contribution in [2.75, 3.05) is 5.32 Å². The van der Waals surface area contributed by atoms with Gasteiger partial charge in [-0.2, -0.15) is 0 Å². The Balaban J connectivity index is 1.72. The molecule has 98 valence electrons. The summed E-state index contributed by atoms with van der Waals surface area (Å²) in [5.74, 6) is -0.311. The van der Waals surface area contributed by atoms with Crippen LogP contribution in [0.15, 0.2) is 36.4 Å². The molecule has 0 amide bonds. The number of anilines is 1. The summed E-state index contributed by atoms with van der Waals surface area (Å²) in [5, 5.41) is 3.53. The molecule has 0 aromatic heterocycles. The van der Waals surface area contributed by atoms with E-state index in [0.29, 0.717) is 17.3 Å². The van der Waals surface area contributed by atoms with Crippen molar-refractivity contribution >= 4 is 17.3 Å². The van der Waals surface area contributed by atoms with Gasteiger partial charge in [0.05, 0.1) is 5.69 Å². The van der Waals surface area contributed by atoms with Crippen LogP contribution < -0.4 is 5.32 Å². The highest BCUT2D eigenvalue weighted by molar-refractivity contribution is 6.30. The Morgan fingerprint density at radius 3 is 2.74 bits per heavy atom. The van der Waals surface area contributed by atoms with Gasteiger partial charge in [0.25, 0.3) is 0 Å². The van der Waals surface area contributed by atoms with Crippen LogP contribution >= 0.6 is 11.6 Å². The predicted octanol–water partition coefficient (Wildman–Crippen LogP) is 4.58. The fraction of sp³-hybridized carbons (Fsp3) is 0.250. The van der Waals surface area contributed by atoms with Crippen molar-refractivity contribution in [1.29, 1.82) is 0 Å². The molecule has 3 rings (SSSR count). The Morgan fingerprint density at radius 1 is 1.05 bits per heavy atom. The maximum absolute atomic E-state index is 13.6. The van der Waals surface area contributed by atoms with Crippen molar-refractivity contribution < 1.29 is 4.39 Å². The van der Waals surface area contributed by atoms with E-state index in [9.17, 15) is 4.39 Å². The van der Waals surface area contributed by atoms with Gasteiger partial charge in [0, 0.05) is 11.6 Å². The molecule has 0 bridgehead atoms. The Hall–Kier alpha value is -1.54. The second-order valence-corrected chi connectivity index (χ2v) is 5.37. The average Bonchev–Trinajstić information content (AvgIpc) is 2.85. The number of nitrogens with one attached hydrogen (secondary N) is 1. The summed E-state index contributed by atoms with van der Waals surface area (Å²) in [7, 11) is 0. The van der Waals surface area contributed by atoms with Gasteiger partial charge in [-0.1, -0.05) is 29.8 Å². The molecule has 0 saturated carbocycles. The maximum atomic E-state index is 13.6. The number of hydrogen-bond donors (Lipinski definition) is 1. The van der Waals surface area contributed by atoms with Crippen LogP contribution in [0, 0.1) is 5.82 Å². The largest absolute Gasteiger partial charge is 0.379 e. The van der Waals surface area contributed by atoms with E-state index in [0.717, 1.165) is 0 Å². The highest BCUT2D eigenvalue weighted by Gasteiger charge is 2.10. The van der Waals surface area contributed by atoms with E-state index in [1.54, 1.807) is 12.1 Å². The van der Waals surface area contributed by atoms with Gasteiger partial charge in [-0.25, -0.2) is 4.39 Å². The topological polar surface area (TPSA) is 12.0 Å². The fourth-order valence-electron chi connectivity index (χ4n) is 2.57. The molecule has 0 saturated heterocycles. The number of fused-ring (bicyclic) bond motifs is 1. The van der Waals surface area contributed by atoms with Gasteiger partial charge in [-0.3, -0.25) is 0 Å². The molecule has 1 aliphatic rings. The highest BCUT2D eigenvalue weighted by atomic mass is 35.5. The molecule has 0 unspecified atom stereocenters. The smallest absolute Gasteiger partial charge is 0.147 e. The first-order valence-electron chi connectivity index (χ1n) is 6.52. The van der Waals surface area contributed by atoms with E-state index < -0.39 is 0 Å². The zero-order valence-electron chi connectivity index (χ0n) is 10.5. The van der Waals surface area contributed by atoms with Crippen molar-refractivity contribution in [3.8, 4) is 0 Å². The van der Waals surface area contributed by atoms with Gasteiger partial charge in [-0.15, -0.1) is 0 Å². The van der Waals surface area contributed by atoms with E-state index in [1.165, 1.54) is 42.0 Å². The van der Waals surface area contributed by atoms with Crippen LogP contribution in [0.3, 0.4) is 0 Å². The zero-order chi connectivity index (χ0) is 13.2. The summed E-state index contributed by atoms with van der Waals surface area (Å²) in [6.45, 7) is 0.631. The number of hydrogen-bond acceptors (Lipinski definition) is 1. The van der Waals surface area contributed by atoms with Gasteiger partial charge < -0.3 is 5.32 Å². The first-order valence-corrected chi connectivity index (χ1v) is 6.90. The minimum Gasteiger partial charge on any atom is -0.379 e. The van der Waals surface area contributed by atoms with E-state index in [4.69, 9.17) is 11.6 Å². The lowest BCUT2D eigenvalue weighted by Gasteiger charge is -2.09. The van der Waals surface area contributed by atoms with Crippen molar-refractivity contribution in [2.45, 2.75) is 25.8 Å². The molecule has 19 heavy (non-hydrogen) atoms. The molecule has 2 aromatic carbocycles. The summed E-state index contributed by atoms with van der Waals surface area (Å²) in [5.41, 5.74) is 4.58. The number of rotatable bonds is 3. The molecular formula is C16H15ClFN. The Labute approximate surface area is 117 Å². The van der Waals surface area contributed by atoms with Crippen molar-refractivity contribution in [3.63, 3.8) is 0 Å². The first kappa shape index (κ1) is 12.5. The van der Waals surface area contributed by atoms with Crippen LogP contribution in [0.4, 0.5) is 10.1 Å². The van der Waals surface area contributed by atoms with Crippen LogP contribution in [0.25, 0.3) is 0 Å². The number of benzene rings is 2. The lowest BCUT2D eigenvalue weighted by atomic mass is 10.1. The predicted molar refractivity (Wildman–Crippen MR) is 77.2 cm³/mol. The average molecular weight is 276 g/mol. The SMILES string of the molecule is Fc1cc(Cl)ccc1NCc1ccc2c(c1)CCC2. The van der Waals surface area contributed by atoms with Gasteiger partial charge in [0.2, 0.25) is 0 Å². The summed E-state index contributed by atoms with van der Waals surface area (Å²) < 4.78 is 13.6. The van der Waals surface area contributed by atoms with Crippen molar-refractivity contribution in [2.24, 2.45) is 0 Å². The number of aryl methyl sites for hydroxylation is 2. The Bertz CT molecular complexity index is 610.